The Kier molecular flexibility index (Phi) is 16.8. The van der Waals surface area contributed by atoms with Crippen molar-refractivity contribution in [2.75, 3.05) is 20.3 Å². The lowest BCUT2D eigenvalue weighted by atomic mass is 9.83. The van der Waals surface area contributed by atoms with Crippen molar-refractivity contribution in [1.82, 2.24) is 0 Å². The zero-order chi connectivity index (χ0) is 40.7. The van der Waals surface area contributed by atoms with E-state index < -0.39 is 26.6 Å². The van der Waals surface area contributed by atoms with Crippen LogP contribution in [0.15, 0.2) is 152 Å². The topological polar surface area (TPSA) is 66.4 Å². The number of rotatable bonds is 22. The first kappa shape index (κ1) is 44.2. The van der Waals surface area contributed by atoms with Crippen LogP contribution in [0.4, 0.5) is 0 Å². The molecule has 0 saturated carbocycles. The van der Waals surface area contributed by atoms with Crippen LogP contribution in [-0.4, -0.2) is 58.2 Å². The third kappa shape index (κ3) is 11.8. The number of methoxy groups -OCH3 is 1. The normalized spacial score (nSPS) is 15.9. The molecular formula is C50H64O6Si. The van der Waals surface area contributed by atoms with Crippen LogP contribution in [0.1, 0.15) is 58.2 Å². The molecule has 0 fully saturated rings. The van der Waals surface area contributed by atoms with Gasteiger partial charge in [0.25, 0.3) is 8.32 Å². The molecule has 7 atom stereocenters. The van der Waals surface area contributed by atoms with E-state index in [0.29, 0.717) is 33.0 Å². The second-order valence-electron chi connectivity index (χ2n) is 16.5. The average molecular weight is 789 g/mol. The van der Waals surface area contributed by atoms with Crippen LogP contribution < -0.4 is 10.4 Å². The molecule has 0 unspecified atom stereocenters. The molecule has 0 aliphatic carbocycles. The predicted octanol–water partition coefficient (Wildman–Crippen LogP) is 9.23. The SMILES string of the molecule is CO[C@@H]([C@@H](O)[C@H](C)CO[Si](c1ccccc1)(c1ccccc1)C(C)(C)C)[C@@H](OCc1ccccc1)[C@H](C)[C@@H](OCc1ccccc1)[C@@H](C)COCc1ccccc1. The largest absolute Gasteiger partial charge is 0.407 e. The summed E-state index contributed by atoms with van der Waals surface area (Å²) in [6.07, 6.45) is -2.40. The van der Waals surface area contributed by atoms with E-state index in [-0.39, 0.29) is 28.9 Å². The van der Waals surface area contributed by atoms with Crippen molar-refractivity contribution in [3.05, 3.63) is 168 Å². The van der Waals surface area contributed by atoms with Gasteiger partial charge in [-0.2, -0.15) is 0 Å². The fraction of sp³-hybridized carbons (Fsp3) is 0.400. The maximum Gasteiger partial charge on any atom is 0.261 e. The van der Waals surface area contributed by atoms with Crippen LogP contribution in [0.2, 0.25) is 5.04 Å². The Morgan fingerprint density at radius 1 is 0.509 bits per heavy atom. The van der Waals surface area contributed by atoms with Gasteiger partial charge in [-0.1, -0.05) is 193 Å². The smallest absolute Gasteiger partial charge is 0.261 e. The zero-order valence-corrected chi connectivity index (χ0v) is 36.0. The molecule has 0 spiro atoms. The van der Waals surface area contributed by atoms with Crippen LogP contribution >= 0.6 is 0 Å². The molecule has 1 N–H and O–H groups in total. The molecule has 0 radical (unpaired) electrons. The van der Waals surface area contributed by atoms with Gasteiger partial charge in [-0.25, -0.2) is 0 Å². The summed E-state index contributed by atoms with van der Waals surface area (Å²) in [4.78, 5) is 0. The molecule has 5 aromatic rings. The molecule has 0 bridgehead atoms. The van der Waals surface area contributed by atoms with Gasteiger partial charge in [0.15, 0.2) is 0 Å². The van der Waals surface area contributed by atoms with Crippen LogP contribution in [0.25, 0.3) is 0 Å². The Hall–Kier alpha value is -3.92. The summed E-state index contributed by atoms with van der Waals surface area (Å²) in [5, 5.41) is 14.6. The highest BCUT2D eigenvalue weighted by atomic mass is 28.4. The van der Waals surface area contributed by atoms with Crippen molar-refractivity contribution in [3.63, 3.8) is 0 Å². The van der Waals surface area contributed by atoms with E-state index in [1.807, 2.05) is 54.6 Å². The summed E-state index contributed by atoms with van der Waals surface area (Å²) in [5.41, 5.74) is 3.26. The first-order valence-corrected chi connectivity index (χ1v) is 22.3. The summed E-state index contributed by atoms with van der Waals surface area (Å²) < 4.78 is 33.6. The second kappa shape index (κ2) is 21.7. The quantitative estimate of drug-likeness (QED) is 0.0706. The molecule has 304 valence electrons. The summed E-state index contributed by atoms with van der Waals surface area (Å²) in [6, 6.07) is 51.9. The lowest BCUT2D eigenvalue weighted by Gasteiger charge is -2.44. The van der Waals surface area contributed by atoms with Gasteiger partial charge in [0.1, 0.15) is 6.10 Å². The fourth-order valence-electron chi connectivity index (χ4n) is 8.04. The summed E-state index contributed by atoms with van der Waals surface area (Å²) in [5.74, 6) is -0.486. The van der Waals surface area contributed by atoms with Gasteiger partial charge in [0, 0.05) is 31.5 Å². The summed E-state index contributed by atoms with van der Waals surface area (Å²) >= 11 is 0. The van der Waals surface area contributed by atoms with Gasteiger partial charge in [0.05, 0.1) is 44.7 Å². The lowest BCUT2D eigenvalue weighted by Crippen LogP contribution is -2.67. The molecule has 0 aliphatic rings. The van der Waals surface area contributed by atoms with E-state index >= 15 is 0 Å². The molecule has 0 aliphatic heterocycles. The van der Waals surface area contributed by atoms with E-state index in [1.54, 1.807) is 7.11 Å². The fourth-order valence-corrected chi connectivity index (χ4v) is 12.7. The van der Waals surface area contributed by atoms with Crippen molar-refractivity contribution < 1.29 is 28.5 Å². The predicted molar refractivity (Wildman–Crippen MR) is 234 cm³/mol. The Bertz CT molecular complexity index is 1780. The summed E-state index contributed by atoms with van der Waals surface area (Å²) in [6.45, 7) is 15.3. The highest BCUT2D eigenvalue weighted by molar-refractivity contribution is 6.99. The van der Waals surface area contributed by atoms with Crippen LogP contribution in [0.5, 0.6) is 0 Å². The van der Waals surface area contributed by atoms with Crippen molar-refractivity contribution in [3.8, 4) is 0 Å². The highest BCUT2D eigenvalue weighted by Gasteiger charge is 2.51. The molecule has 57 heavy (non-hydrogen) atoms. The summed E-state index contributed by atoms with van der Waals surface area (Å²) in [7, 11) is -1.17. The Morgan fingerprint density at radius 2 is 0.912 bits per heavy atom. The molecule has 0 amide bonds. The van der Waals surface area contributed by atoms with Gasteiger partial charge < -0.3 is 28.5 Å². The van der Waals surface area contributed by atoms with Crippen molar-refractivity contribution in [1.29, 1.82) is 0 Å². The third-order valence-corrected chi connectivity index (χ3v) is 16.2. The van der Waals surface area contributed by atoms with E-state index in [1.165, 1.54) is 10.4 Å². The Labute approximate surface area is 343 Å². The average Bonchev–Trinajstić information content (AvgIpc) is 3.23. The van der Waals surface area contributed by atoms with E-state index in [4.69, 9.17) is 23.4 Å². The number of aliphatic hydroxyl groups excluding tert-OH is 1. The van der Waals surface area contributed by atoms with Crippen molar-refractivity contribution in [2.45, 2.75) is 90.8 Å². The molecule has 0 saturated heterocycles. The number of benzene rings is 5. The van der Waals surface area contributed by atoms with Gasteiger partial charge >= 0.3 is 0 Å². The van der Waals surface area contributed by atoms with Gasteiger partial charge in [-0.05, 0) is 32.1 Å². The zero-order valence-electron chi connectivity index (χ0n) is 35.0. The van der Waals surface area contributed by atoms with Crippen LogP contribution in [0.3, 0.4) is 0 Å². The Morgan fingerprint density at radius 3 is 1.33 bits per heavy atom. The minimum atomic E-state index is -2.84. The van der Waals surface area contributed by atoms with Gasteiger partial charge in [0.2, 0.25) is 0 Å². The Balaban J connectivity index is 1.43. The van der Waals surface area contributed by atoms with Gasteiger partial charge in [-0.15, -0.1) is 0 Å². The number of ether oxygens (including phenoxy) is 4. The van der Waals surface area contributed by atoms with Gasteiger partial charge in [-0.3, -0.25) is 0 Å². The molecule has 5 rings (SSSR count). The standard InChI is InChI=1S/C50H64O6Si/c1-38(34-56-57(50(4,5)6,44-29-19-11-20-30-44)45-31-21-12-22-32-45)46(51)49(52-7)48(55-37-43-27-17-10-18-28-43)40(3)47(54-36-42-25-15-9-16-26-42)39(2)33-53-35-41-23-13-8-14-24-41/h8-32,38-40,46-49,51H,33-37H2,1-7H3/t38-,39+,40-,46+,47+,48+,49+/m1/s1. The van der Waals surface area contributed by atoms with Crippen molar-refractivity contribution in [2.24, 2.45) is 17.8 Å². The molecular weight excluding hydrogens is 725 g/mol. The maximum atomic E-state index is 12.4. The lowest BCUT2D eigenvalue weighted by molar-refractivity contribution is -0.172. The first-order valence-electron chi connectivity index (χ1n) is 20.4. The molecule has 5 aromatic carbocycles. The minimum Gasteiger partial charge on any atom is -0.407 e. The third-order valence-electron chi connectivity index (χ3n) is 11.2. The maximum absolute atomic E-state index is 12.4. The second-order valence-corrected chi connectivity index (χ2v) is 20.8. The number of hydrogen-bond donors (Lipinski definition) is 1. The molecule has 7 heteroatoms. The van der Waals surface area contributed by atoms with Crippen LogP contribution in [0, 0.1) is 17.8 Å². The van der Waals surface area contributed by atoms with E-state index in [0.717, 1.165) is 16.7 Å². The molecule has 0 aromatic heterocycles. The number of aliphatic hydroxyl groups is 1. The molecule has 6 nitrogen and oxygen atoms in total. The highest BCUT2D eigenvalue weighted by Crippen LogP contribution is 2.38. The van der Waals surface area contributed by atoms with Crippen LogP contribution in [-0.2, 0) is 43.2 Å². The monoisotopic (exact) mass is 788 g/mol. The minimum absolute atomic E-state index is 0.000743. The van der Waals surface area contributed by atoms with E-state index in [9.17, 15) is 5.11 Å². The number of hydrogen-bond acceptors (Lipinski definition) is 6. The van der Waals surface area contributed by atoms with Crippen molar-refractivity contribution >= 4 is 18.7 Å². The van der Waals surface area contributed by atoms with E-state index in [2.05, 4.69) is 139 Å². The molecule has 0 heterocycles. The first-order chi connectivity index (χ1) is 27.5.